The van der Waals surface area contributed by atoms with Crippen molar-refractivity contribution in [1.29, 1.82) is 0 Å². The normalized spacial score (nSPS) is 21.0. The minimum Gasteiger partial charge on any atom is -0.311 e. The summed E-state index contributed by atoms with van der Waals surface area (Å²) >= 11 is 0. The maximum absolute atomic E-state index is 2.75. The van der Waals surface area contributed by atoms with E-state index < -0.39 is 0 Å². The van der Waals surface area contributed by atoms with Crippen LogP contribution in [0.25, 0.3) is 11.1 Å². The lowest BCUT2D eigenvalue weighted by Gasteiger charge is -2.49. The Kier molecular flexibility index (Phi) is 9.23. The van der Waals surface area contributed by atoms with Gasteiger partial charge in [0.15, 0.2) is 0 Å². The predicted molar refractivity (Wildman–Crippen MR) is 298 cm³/mol. The van der Waals surface area contributed by atoms with Crippen LogP contribution in [-0.2, 0) is 44.3 Å². The van der Waals surface area contributed by atoms with Gasteiger partial charge in [0.05, 0.1) is 0 Å². The van der Waals surface area contributed by atoms with Gasteiger partial charge < -0.3 is 9.80 Å². The zero-order valence-corrected chi connectivity index (χ0v) is 45.1. The number of hydrogen-bond acceptors (Lipinski definition) is 2. The molecule has 0 unspecified atom stereocenters. The predicted octanol–water partition coefficient (Wildman–Crippen LogP) is 16.0. The van der Waals surface area contributed by atoms with E-state index in [0.717, 1.165) is 6.42 Å². The summed E-state index contributed by atoms with van der Waals surface area (Å²) in [4.78, 5) is 5.49. The van der Waals surface area contributed by atoms with Crippen molar-refractivity contribution in [3.63, 3.8) is 0 Å². The zero-order valence-electron chi connectivity index (χ0n) is 45.1. The van der Waals surface area contributed by atoms with Gasteiger partial charge in [-0.1, -0.05) is 146 Å². The first-order valence-corrected chi connectivity index (χ1v) is 26.7. The fraction of sp³-hybridized carbons (Fsp3) is 0.455. The molecule has 3 heteroatoms. The number of benzene rings is 6. The first kappa shape index (κ1) is 45.1. The molecule has 69 heavy (non-hydrogen) atoms. The highest BCUT2D eigenvalue weighted by Gasteiger charge is 2.49. The summed E-state index contributed by atoms with van der Waals surface area (Å²) in [5, 5.41) is 0. The molecule has 0 bridgehead atoms. The number of rotatable bonds is 2. The van der Waals surface area contributed by atoms with E-state index in [4.69, 9.17) is 0 Å². The van der Waals surface area contributed by atoms with E-state index in [1.807, 2.05) is 0 Å². The molecule has 12 rings (SSSR count). The van der Waals surface area contributed by atoms with Gasteiger partial charge in [-0.3, -0.25) is 0 Å². The highest BCUT2D eigenvalue weighted by Crippen LogP contribution is 2.55. The SMILES string of the molecule is Cc1cc2c3c(c1)N(c1ccc4c(c1)C(C)(C)CCC4(C)C)c1cc4c(cc1B3c1cc3c(cc1N2c1cc2c(c(C(C)(C)C)c1)Cc1ccccc1-2)C(C)(C)CCC3(C)C)C(C)(C)CCC4(C)C. The average molecular weight is 909 g/mol. The summed E-state index contributed by atoms with van der Waals surface area (Å²) in [6.07, 6.45) is 8.14. The monoisotopic (exact) mass is 909 g/mol. The molecule has 2 heterocycles. The van der Waals surface area contributed by atoms with Crippen LogP contribution in [0, 0.1) is 6.92 Å². The van der Waals surface area contributed by atoms with Gasteiger partial charge in [0.2, 0.25) is 0 Å². The number of hydrogen-bond donors (Lipinski definition) is 0. The molecule has 0 spiro atoms. The first-order valence-electron chi connectivity index (χ1n) is 26.7. The molecule has 0 fully saturated rings. The van der Waals surface area contributed by atoms with Gasteiger partial charge in [-0.15, -0.1) is 0 Å². The Morgan fingerprint density at radius 3 is 1.39 bits per heavy atom. The quantitative estimate of drug-likeness (QED) is 0.160. The first-order chi connectivity index (χ1) is 32.2. The van der Waals surface area contributed by atoms with Crippen LogP contribution in [0.1, 0.15) is 198 Å². The third-order valence-corrected chi connectivity index (χ3v) is 19.2. The number of aryl methyl sites for hydroxylation is 1. The lowest BCUT2D eigenvalue weighted by molar-refractivity contribution is 0.332. The Labute approximate surface area is 416 Å². The van der Waals surface area contributed by atoms with E-state index in [2.05, 4.69) is 212 Å². The standard InChI is InChI=1S/C66H77BN2/c1-39-29-57-59-58(30-39)69(42-32-44-43-20-18-17-19-40(43)31-45(44)47(34-42)60(2,3)4)56-38-52-50(64(11,12)26-28-66(52,15)16)36-54(56)67(59)53-35-49-51(65(13,14)27-25-63(49,9)10)37-55(53)68(57)41-21-22-46-48(33-41)62(7,8)24-23-61(46,5)6/h17-22,29-30,32-38H,23-28,31H2,1-16H3. The molecule has 6 aliphatic rings. The van der Waals surface area contributed by atoms with Crippen molar-refractivity contribution in [2.45, 2.75) is 194 Å². The van der Waals surface area contributed by atoms with Crippen LogP contribution in [0.2, 0.25) is 0 Å². The number of fused-ring (bicyclic) bond motifs is 10. The van der Waals surface area contributed by atoms with Crippen molar-refractivity contribution in [2.24, 2.45) is 0 Å². The van der Waals surface area contributed by atoms with Crippen LogP contribution >= 0.6 is 0 Å². The van der Waals surface area contributed by atoms with Crippen LogP contribution in [0.5, 0.6) is 0 Å². The molecular weight excluding hydrogens is 832 g/mol. The van der Waals surface area contributed by atoms with Gasteiger partial charge in [0, 0.05) is 34.1 Å². The molecule has 0 saturated carbocycles. The minimum absolute atomic E-state index is 0.0403. The van der Waals surface area contributed by atoms with Gasteiger partial charge in [-0.2, -0.15) is 0 Å². The molecule has 0 saturated heterocycles. The smallest absolute Gasteiger partial charge is 0.252 e. The lowest BCUT2D eigenvalue weighted by Crippen LogP contribution is -2.62. The Morgan fingerprint density at radius 1 is 0.435 bits per heavy atom. The second kappa shape index (κ2) is 14.1. The highest BCUT2D eigenvalue weighted by molar-refractivity contribution is 7.00. The number of nitrogens with zero attached hydrogens (tertiary/aromatic N) is 2. The van der Waals surface area contributed by atoms with Crippen molar-refractivity contribution in [3.05, 3.63) is 147 Å². The van der Waals surface area contributed by atoms with Gasteiger partial charge >= 0.3 is 0 Å². The Morgan fingerprint density at radius 2 is 0.884 bits per heavy atom. The summed E-state index contributed by atoms with van der Waals surface area (Å²) in [6.45, 7) is 39.7. The van der Waals surface area contributed by atoms with E-state index in [0.29, 0.717) is 0 Å². The molecule has 4 aliphatic carbocycles. The van der Waals surface area contributed by atoms with E-state index >= 15 is 0 Å². The molecule has 0 atom stereocenters. The van der Waals surface area contributed by atoms with Crippen LogP contribution in [0.4, 0.5) is 34.1 Å². The Balaban J connectivity index is 1.22. The van der Waals surface area contributed by atoms with Crippen LogP contribution in [-0.4, -0.2) is 6.71 Å². The highest BCUT2D eigenvalue weighted by atomic mass is 15.2. The Hall–Kier alpha value is -5.02. The molecule has 6 aromatic rings. The van der Waals surface area contributed by atoms with Crippen LogP contribution < -0.4 is 26.2 Å². The van der Waals surface area contributed by atoms with E-state index in [-0.39, 0.29) is 44.6 Å². The maximum atomic E-state index is 2.75. The zero-order chi connectivity index (χ0) is 48.9. The topological polar surface area (TPSA) is 6.48 Å². The third-order valence-electron chi connectivity index (χ3n) is 19.2. The summed E-state index contributed by atoms with van der Waals surface area (Å²) in [5.74, 6) is 0. The molecule has 354 valence electrons. The summed E-state index contributed by atoms with van der Waals surface area (Å²) in [7, 11) is 0. The number of anilines is 6. The molecule has 0 radical (unpaired) electrons. The molecule has 2 aliphatic heterocycles. The van der Waals surface area contributed by atoms with Crippen molar-refractivity contribution in [3.8, 4) is 11.1 Å². The largest absolute Gasteiger partial charge is 0.311 e. The molecular formula is C66H77BN2. The average Bonchev–Trinajstić information content (AvgIpc) is 3.65. The summed E-state index contributed by atoms with van der Waals surface area (Å²) in [6, 6.07) is 37.9. The van der Waals surface area contributed by atoms with E-state index in [9.17, 15) is 0 Å². The molecule has 2 nitrogen and oxygen atoms in total. The molecule has 0 N–H and O–H groups in total. The molecule has 0 amide bonds. The van der Waals surface area contributed by atoms with Crippen molar-refractivity contribution in [1.82, 2.24) is 0 Å². The summed E-state index contributed by atoms with van der Waals surface area (Å²) in [5.41, 5.74) is 30.4. The maximum Gasteiger partial charge on any atom is 0.252 e. The molecule has 6 aromatic carbocycles. The fourth-order valence-corrected chi connectivity index (χ4v) is 14.5. The van der Waals surface area contributed by atoms with E-state index in [1.54, 1.807) is 5.56 Å². The second-order valence-electron chi connectivity index (χ2n) is 27.9. The van der Waals surface area contributed by atoms with Crippen LogP contribution in [0.15, 0.2) is 91.0 Å². The van der Waals surface area contributed by atoms with E-state index in [1.165, 1.54) is 150 Å². The Bertz CT molecular complexity index is 3220. The van der Waals surface area contributed by atoms with Crippen molar-refractivity contribution < 1.29 is 0 Å². The third kappa shape index (κ3) is 6.49. The van der Waals surface area contributed by atoms with Crippen molar-refractivity contribution in [2.75, 3.05) is 9.80 Å². The fourth-order valence-electron chi connectivity index (χ4n) is 14.5. The molecule has 0 aromatic heterocycles. The second-order valence-corrected chi connectivity index (χ2v) is 27.9. The van der Waals surface area contributed by atoms with Crippen molar-refractivity contribution >= 4 is 57.2 Å². The lowest BCUT2D eigenvalue weighted by atomic mass is 9.32. The van der Waals surface area contributed by atoms with Gasteiger partial charge in [-0.25, -0.2) is 0 Å². The van der Waals surface area contributed by atoms with Gasteiger partial charge in [0.25, 0.3) is 6.71 Å². The minimum atomic E-state index is -0.0403. The van der Waals surface area contributed by atoms with Gasteiger partial charge in [-0.05, 0) is 221 Å². The van der Waals surface area contributed by atoms with Gasteiger partial charge in [0.1, 0.15) is 0 Å². The van der Waals surface area contributed by atoms with Crippen LogP contribution in [0.3, 0.4) is 0 Å². The summed E-state index contributed by atoms with van der Waals surface area (Å²) < 4.78 is 0.